The van der Waals surface area contributed by atoms with E-state index in [9.17, 15) is 19.6 Å². The Morgan fingerprint density at radius 2 is 1.90 bits per heavy atom. The fourth-order valence-corrected chi connectivity index (χ4v) is 2.96. The number of nitriles is 1. The van der Waals surface area contributed by atoms with E-state index >= 15 is 0 Å². The topological polar surface area (TPSA) is 126 Å². The van der Waals surface area contributed by atoms with Crippen molar-refractivity contribution in [2.75, 3.05) is 18.5 Å². The third kappa shape index (κ3) is 5.77. The molecule has 0 aliphatic rings. The van der Waals surface area contributed by atoms with E-state index in [0.29, 0.717) is 11.3 Å². The van der Waals surface area contributed by atoms with Crippen molar-refractivity contribution in [1.29, 1.82) is 5.26 Å². The number of nitrogens with one attached hydrogen (secondary N) is 2. The highest BCUT2D eigenvalue weighted by Crippen LogP contribution is 2.19. The number of halogens is 1. The van der Waals surface area contributed by atoms with E-state index in [-0.39, 0.29) is 11.4 Å². The van der Waals surface area contributed by atoms with Crippen molar-refractivity contribution in [3.05, 3.63) is 76.4 Å². The van der Waals surface area contributed by atoms with Gasteiger partial charge in [-0.15, -0.1) is 0 Å². The third-order valence-electron chi connectivity index (χ3n) is 3.99. The van der Waals surface area contributed by atoms with Gasteiger partial charge in [-0.1, -0.05) is 40.2 Å². The molecule has 0 bridgehead atoms. The van der Waals surface area contributed by atoms with Crippen LogP contribution in [0.5, 0.6) is 0 Å². The second kappa shape index (κ2) is 10.2. The number of hydrogen-bond acceptors (Lipinski definition) is 6. The van der Waals surface area contributed by atoms with Gasteiger partial charge in [0.2, 0.25) is 0 Å². The Morgan fingerprint density at radius 3 is 2.61 bits per heavy atom. The summed E-state index contributed by atoms with van der Waals surface area (Å²) in [6, 6.07) is 17.5. The largest absolute Gasteiger partial charge is 0.454 e. The van der Waals surface area contributed by atoms with E-state index in [0.717, 1.165) is 4.47 Å². The molecule has 2 N–H and O–H groups in total. The molecule has 3 aromatic rings. The zero-order chi connectivity index (χ0) is 22.2. The van der Waals surface area contributed by atoms with Gasteiger partial charge in [0.05, 0.1) is 11.9 Å². The molecule has 0 saturated heterocycles. The Morgan fingerprint density at radius 1 is 1.13 bits per heavy atom. The van der Waals surface area contributed by atoms with E-state index in [1.807, 2.05) is 12.1 Å². The molecule has 2 aromatic carbocycles. The average Bonchev–Trinajstić information content (AvgIpc) is 3.19. The second-order valence-electron chi connectivity index (χ2n) is 6.17. The van der Waals surface area contributed by atoms with Crippen LogP contribution in [0.2, 0.25) is 0 Å². The zero-order valence-corrected chi connectivity index (χ0v) is 17.6. The number of hydrogen-bond donors (Lipinski definition) is 2. The first-order valence-electron chi connectivity index (χ1n) is 9.00. The van der Waals surface area contributed by atoms with Gasteiger partial charge >= 0.3 is 5.97 Å². The van der Waals surface area contributed by atoms with E-state index < -0.39 is 30.9 Å². The van der Waals surface area contributed by atoms with Gasteiger partial charge < -0.3 is 15.4 Å². The molecule has 0 unspecified atom stereocenters. The van der Waals surface area contributed by atoms with Gasteiger partial charge in [0.1, 0.15) is 18.2 Å². The van der Waals surface area contributed by atoms with Crippen LogP contribution in [0.1, 0.15) is 15.9 Å². The number of nitrogens with zero attached hydrogens (tertiary/aromatic N) is 3. The molecule has 31 heavy (non-hydrogen) atoms. The first-order valence-corrected chi connectivity index (χ1v) is 9.80. The summed E-state index contributed by atoms with van der Waals surface area (Å²) in [7, 11) is 0. The molecule has 0 aliphatic heterocycles. The number of para-hydroxylation sites is 1. The number of rotatable bonds is 7. The highest BCUT2D eigenvalue weighted by Gasteiger charge is 2.16. The lowest BCUT2D eigenvalue weighted by Gasteiger charge is -2.10. The highest BCUT2D eigenvalue weighted by molar-refractivity contribution is 9.10. The molecule has 1 heterocycles. The molecule has 0 spiro atoms. The van der Waals surface area contributed by atoms with Crippen molar-refractivity contribution < 1.29 is 19.1 Å². The van der Waals surface area contributed by atoms with Crippen LogP contribution in [0.4, 0.5) is 5.82 Å². The van der Waals surface area contributed by atoms with Crippen molar-refractivity contribution in [3.63, 3.8) is 0 Å². The van der Waals surface area contributed by atoms with Crippen molar-refractivity contribution in [2.45, 2.75) is 0 Å². The minimum absolute atomic E-state index is 0.157. The molecule has 3 rings (SSSR count). The predicted octanol–water partition coefficient (Wildman–Crippen LogP) is 2.42. The fourth-order valence-electron chi connectivity index (χ4n) is 2.56. The van der Waals surface area contributed by atoms with Gasteiger partial charge in [0.25, 0.3) is 11.8 Å². The van der Waals surface area contributed by atoms with Crippen molar-refractivity contribution in [1.82, 2.24) is 15.1 Å². The minimum atomic E-state index is -0.782. The molecule has 0 fully saturated rings. The van der Waals surface area contributed by atoms with E-state index in [2.05, 4.69) is 31.7 Å². The van der Waals surface area contributed by atoms with Crippen LogP contribution in [0.15, 0.2) is 65.3 Å². The van der Waals surface area contributed by atoms with Crippen LogP contribution in [-0.2, 0) is 14.3 Å². The summed E-state index contributed by atoms with van der Waals surface area (Å²) in [6.45, 7) is -0.986. The molecule has 9 nitrogen and oxygen atoms in total. The molecular weight excluding hydrogens is 466 g/mol. The van der Waals surface area contributed by atoms with E-state index in [1.165, 1.54) is 10.9 Å². The first-order chi connectivity index (χ1) is 15.0. The van der Waals surface area contributed by atoms with Crippen LogP contribution < -0.4 is 10.6 Å². The summed E-state index contributed by atoms with van der Waals surface area (Å²) >= 11 is 3.26. The van der Waals surface area contributed by atoms with Crippen molar-refractivity contribution in [3.8, 4) is 11.8 Å². The summed E-state index contributed by atoms with van der Waals surface area (Å²) in [4.78, 5) is 36.1. The molecule has 0 aliphatic carbocycles. The summed E-state index contributed by atoms with van der Waals surface area (Å²) in [5, 5.41) is 18.3. The standard InChI is InChI=1S/C21H16BrN5O4/c22-16-6-4-5-14(9-16)21(30)24-12-19(29)31-13-18(28)26-20-15(10-23)11-25-27(20)17-7-2-1-3-8-17/h1-9,11H,12-13H2,(H,24,30)(H,26,28). The van der Waals surface area contributed by atoms with E-state index in [1.54, 1.807) is 48.5 Å². The number of carbonyl (C=O) groups is 3. The SMILES string of the molecule is N#Cc1cnn(-c2ccccc2)c1NC(=O)COC(=O)CNC(=O)c1cccc(Br)c1. The molecular formula is C21H16BrN5O4. The minimum Gasteiger partial charge on any atom is -0.454 e. The highest BCUT2D eigenvalue weighted by atomic mass is 79.9. The lowest BCUT2D eigenvalue weighted by atomic mass is 10.2. The maximum absolute atomic E-state index is 12.2. The summed E-state index contributed by atoms with van der Waals surface area (Å²) in [6.07, 6.45) is 1.33. The monoisotopic (exact) mass is 481 g/mol. The predicted molar refractivity (Wildman–Crippen MR) is 114 cm³/mol. The number of carbonyl (C=O) groups excluding carboxylic acids is 3. The Kier molecular flexibility index (Phi) is 7.13. The van der Waals surface area contributed by atoms with Crippen LogP contribution in [0, 0.1) is 11.3 Å². The molecule has 0 atom stereocenters. The number of aromatic nitrogens is 2. The molecule has 2 amide bonds. The van der Waals surface area contributed by atoms with Crippen LogP contribution in [-0.4, -0.2) is 40.7 Å². The fraction of sp³-hybridized carbons (Fsp3) is 0.0952. The maximum atomic E-state index is 12.2. The quantitative estimate of drug-likeness (QED) is 0.499. The average molecular weight is 482 g/mol. The Hall–Kier alpha value is -3.97. The smallest absolute Gasteiger partial charge is 0.325 e. The number of anilines is 1. The Labute approximate surface area is 185 Å². The normalized spacial score (nSPS) is 10.1. The summed E-state index contributed by atoms with van der Waals surface area (Å²) < 4.78 is 7.02. The lowest BCUT2D eigenvalue weighted by Crippen LogP contribution is -2.32. The number of amides is 2. The molecule has 10 heteroatoms. The number of esters is 1. The van der Waals surface area contributed by atoms with Gasteiger partial charge in [-0.2, -0.15) is 10.4 Å². The van der Waals surface area contributed by atoms with Crippen molar-refractivity contribution >= 4 is 39.5 Å². The van der Waals surface area contributed by atoms with Crippen LogP contribution >= 0.6 is 15.9 Å². The molecule has 0 saturated carbocycles. The Balaban J connectivity index is 1.54. The van der Waals surface area contributed by atoms with Gasteiger partial charge in [-0.3, -0.25) is 14.4 Å². The van der Waals surface area contributed by atoms with Crippen LogP contribution in [0.25, 0.3) is 5.69 Å². The lowest BCUT2D eigenvalue weighted by molar-refractivity contribution is -0.146. The van der Waals surface area contributed by atoms with Gasteiger partial charge in [0.15, 0.2) is 12.4 Å². The second-order valence-corrected chi connectivity index (χ2v) is 7.08. The number of benzene rings is 2. The molecule has 0 radical (unpaired) electrons. The van der Waals surface area contributed by atoms with Gasteiger partial charge in [0, 0.05) is 10.0 Å². The van der Waals surface area contributed by atoms with Crippen molar-refractivity contribution in [2.24, 2.45) is 0 Å². The molecule has 156 valence electrons. The Bertz CT molecular complexity index is 1150. The summed E-state index contributed by atoms with van der Waals surface area (Å²) in [5.41, 5.74) is 1.18. The van der Waals surface area contributed by atoms with Gasteiger partial charge in [-0.05, 0) is 30.3 Å². The molecule has 1 aromatic heterocycles. The maximum Gasteiger partial charge on any atom is 0.325 e. The summed E-state index contributed by atoms with van der Waals surface area (Å²) in [5.74, 6) is -1.72. The van der Waals surface area contributed by atoms with E-state index in [4.69, 9.17) is 4.74 Å². The number of ether oxygens (including phenoxy) is 1. The third-order valence-corrected chi connectivity index (χ3v) is 4.49. The first kappa shape index (κ1) is 21.7. The van der Waals surface area contributed by atoms with Crippen LogP contribution in [0.3, 0.4) is 0 Å². The van der Waals surface area contributed by atoms with Gasteiger partial charge in [-0.25, -0.2) is 4.68 Å². The zero-order valence-electron chi connectivity index (χ0n) is 16.0.